The lowest BCUT2D eigenvalue weighted by Gasteiger charge is -2.33. The van der Waals surface area contributed by atoms with Crippen LogP contribution < -0.4 is 21.1 Å². The Balaban J connectivity index is 1.58. The second-order valence-electron chi connectivity index (χ2n) is 8.25. The van der Waals surface area contributed by atoms with Crippen molar-refractivity contribution in [3.05, 3.63) is 83.6 Å². The van der Waals surface area contributed by atoms with Crippen molar-refractivity contribution in [1.82, 2.24) is 4.90 Å². The Morgan fingerprint density at radius 2 is 1.88 bits per heavy atom. The molecule has 1 unspecified atom stereocenters. The Kier molecular flexibility index (Phi) is 6.58. The molecule has 0 fully saturated rings. The molecule has 0 bridgehead atoms. The molecule has 6 nitrogen and oxygen atoms in total. The lowest BCUT2D eigenvalue weighted by atomic mass is 9.84. The molecule has 168 valence electrons. The molecule has 0 amide bonds. The summed E-state index contributed by atoms with van der Waals surface area (Å²) >= 11 is 12.8. The van der Waals surface area contributed by atoms with Gasteiger partial charge in [0.2, 0.25) is 0 Å². The van der Waals surface area contributed by atoms with Crippen molar-refractivity contribution in [3.63, 3.8) is 0 Å². The monoisotopic (exact) mass is 473 g/mol. The van der Waals surface area contributed by atoms with Gasteiger partial charge in [-0.05, 0) is 48.0 Å². The molecule has 4 rings (SSSR count). The molecular formula is C24H25Cl2N3O3. The van der Waals surface area contributed by atoms with Crippen LogP contribution in [0.1, 0.15) is 22.6 Å². The van der Waals surface area contributed by atoms with Crippen LogP contribution in [-0.2, 0) is 11.3 Å². The number of hydrogen-bond acceptors (Lipinski definition) is 6. The van der Waals surface area contributed by atoms with Gasteiger partial charge in [-0.3, -0.25) is 9.59 Å². The molecule has 3 aromatic carbocycles. The van der Waals surface area contributed by atoms with Crippen molar-refractivity contribution in [3.8, 4) is 0 Å². The largest absolute Gasteiger partial charge is 0.383 e. The van der Waals surface area contributed by atoms with E-state index in [1.54, 1.807) is 25.1 Å². The van der Waals surface area contributed by atoms with Crippen molar-refractivity contribution in [2.45, 2.75) is 12.5 Å². The van der Waals surface area contributed by atoms with Gasteiger partial charge in [-0.1, -0.05) is 35.3 Å². The Labute approximate surface area is 197 Å². The minimum atomic E-state index is -0.500. The zero-order valence-electron chi connectivity index (χ0n) is 18.2. The molecule has 0 radical (unpaired) electrons. The minimum absolute atomic E-state index is 0.135. The number of fused-ring (bicyclic) bond motifs is 1. The third-order valence-corrected chi connectivity index (χ3v) is 6.53. The van der Waals surface area contributed by atoms with Crippen LogP contribution in [0, 0.1) is 0 Å². The summed E-state index contributed by atoms with van der Waals surface area (Å²) in [6.07, 6.45) is 0. The van der Waals surface area contributed by atoms with E-state index in [-0.39, 0.29) is 5.92 Å². The Bertz CT molecular complexity index is 1200. The number of nitrogens with one attached hydrogen (secondary N) is 1. The zero-order valence-corrected chi connectivity index (χ0v) is 19.8. The molecule has 8 heteroatoms. The molecule has 0 spiro atoms. The Hall–Kier alpha value is -2.38. The van der Waals surface area contributed by atoms with Gasteiger partial charge in [-0.2, -0.15) is 0 Å². The fraction of sp³-hybridized carbons (Fsp3) is 0.333. The highest BCUT2D eigenvalue weighted by Gasteiger charge is 2.27. The third kappa shape index (κ3) is 4.28. The van der Waals surface area contributed by atoms with Crippen LogP contribution >= 0.6 is 23.2 Å². The predicted octanol–water partition coefficient (Wildman–Crippen LogP) is 3.99. The van der Waals surface area contributed by atoms with E-state index in [1.165, 1.54) is 0 Å². The van der Waals surface area contributed by atoms with E-state index >= 15 is 0 Å². The van der Waals surface area contributed by atoms with E-state index in [0.29, 0.717) is 34.6 Å². The summed E-state index contributed by atoms with van der Waals surface area (Å²) in [6, 6.07) is 11.7. The Morgan fingerprint density at radius 3 is 2.56 bits per heavy atom. The number of methoxy groups -OCH3 is 1. The van der Waals surface area contributed by atoms with Crippen LogP contribution in [-0.4, -0.2) is 45.8 Å². The van der Waals surface area contributed by atoms with Crippen LogP contribution in [0.25, 0.3) is 0 Å². The van der Waals surface area contributed by atoms with Gasteiger partial charge < -0.3 is 19.9 Å². The maximum absolute atomic E-state index is 12.1. The number of rotatable bonds is 7. The number of benzene rings is 2. The molecular weight excluding hydrogens is 449 g/mol. The van der Waals surface area contributed by atoms with Gasteiger partial charge in [0.05, 0.1) is 6.61 Å². The van der Waals surface area contributed by atoms with E-state index in [2.05, 4.69) is 17.3 Å². The predicted molar refractivity (Wildman–Crippen MR) is 131 cm³/mol. The summed E-state index contributed by atoms with van der Waals surface area (Å²) in [5.41, 5.74) is 3.86. The van der Waals surface area contributed by atoms with E-state index in [0.717, 1.165) is 35.5 Å². The first-order chi connectivity index (χ1) is 15.3. The van der Waals surface area contributed by atoms with Crippen molar-refractivity contribution < 1.29 is 4.74 Å². The van der Waals surface area contributed by atoms with Crippen molar-refractivity contribution in [2.75, 3.05) is 51.1 Å². The van der Waals surface area contributed by atoms with Gasteiger partial charge in [0, 0.05) is 55.4 Å². The molecule has 1 heterocycles. The molecule has 3 aromatic rings. The van der Waals surface area contributed by atoms with E-state index in [1.807, 2.05) is 30.3 Å². The van der Waals surface area contributed by atoms with Crippen LogP contribution in [0.15, 0.2) is 46.0 Å². The van der Waals surface area contributed by atoms with Crippen molar-refractivity contribution in [1.29, 1.82) is 0 Å². The second-order valence-corrected chi connectivity index (χ2v) is 9.09. The number of ether oxygens (including phenoxy) is 1. The molecule has 1 N–H and O–H groups in total. The van der Waals surface area contributed by atoms with E-state index < -0.39 is 10.9 Å². The van der Waals surface area contributed by atoms with Crippen LogP contribution in [0.5, 0.6) is 0 Å². The average Bonchev–Trinajstić information content (AvgIpc) is 2.77. The zero-order chi connectivity index (χ0) is 23.0. The standard InChI is InChI=1S/C24H25Cl2N3O3/c1-28-12-18(17-10-15(25)11-20(26)19(17)13-28)14-4-6-16(7-5-14)27-21-22(24(31)23(21)30)29(2)8-9-32-3/h4-7,10-11,18,27H,8-9,12-13H2,1-3H3. The van der Waals surface area contributed by atoms with Gasteiger partial charge in [0.25, 0.3) is 10.9 Å². The molecule has 1 atom stereocenters. The summed E-state index contributed by atoms with van der Waals surface area (Å²) in [4.78, 5) is 28.2. The van der Waals surface area contributed by atoms with E-state index in [9.17, 15) is 9.59 Å². The average molecular weight is 474 g/mol. The van der Waals surface area contributed by atoms with Gasteiger partial charge in [0.15, 0.2) is 0 Å². The lowest BCUT2D eigenvalue weighted by molar-refractivity contribution is 0.206. The molecule has 1 aliphatic rings. The SMILES string of the molecule is COCCN(C)c1c(Nc2ccc(C3CN(C)Cc4c(Cl)cc(Cl)cc43)cc2)c(=O)c1=O. The number of hydrogen-bond donors (Lipinski definition) is 1. The number of anilines is 3. The van der Waals surface area contributed by atoms with E-state index in [4.69, 9.17) is 27.9 Å². The third-order valence-electron chi connectivity index (χ3n) is 5.97. The fourth-order valence-corrected chi connectivity index (χ4v) is 4.84. The van der Waals surface area contributed by atoms with Crippen LogP contribution in [0.4, 0.5) is 17.1 Å². The van der Waals surface area contributed by atoms with Gasteiger partial charge in [-0.25, -0.2) is 0 Å². The summed E-state index contributed by atoms with van der Waals surface area (Å²) in [5, 5.41) is 4.44. The van der Waals surface area contributed by atoms with Crippen LogP contribution in [0.3, 0.4) is 0 Å². The maximum Gasteiger partial charge on any atom is 0.253 e. The number of likely N-dealkylation sites (N-methyl/N-ethyl adjacent to an activating group) is 2. The number of nitrogens with zero attached hydrogens (tertiary/aromatic N) is 2. The maximum atomic E-state index is 12.1. The minimum Gasteiger partial charge on any atom is -0.383 e. The molecule has 1 aliphatic heterocycles. The fourth-order valence-electron chi connectivity index (χ4n) is 4.27. The topological polar surface area (TPSA) is 61.9 Å². The first-order valence-electron chi connectivity index (χ1n) is 10.4. The van der Waals surface area contributed by atoms with Gasteiger partial charge in [-0.15, -0.1) is 0 Å². The summed E-state index contributed by atoms with van der Waals surface area (Å²) < 4.78 is 5.06. The first-order valence-corrected chi connectivity index (χ1v) is 11.1. The van der Waals surface area contributed by atoms with Crippen molar-refractivity contribution >= 4 is 40.3 Å². The number of halogens is 2. The normalized spacial score (nSPS) is 16.2. The van der Waals surface area contributed by atoms with Gasteiger partial charge >= 0.3 is 0 Å². The summed E-state index contributed by atoms with van der Waals surface area (Å²) in [6.45, 7) is 2.62. The Morgan fingerprint density at radius 1 is 1.16 bits per heavy atom. The quantitative estimate of drug-likeness (QED) is 0.523. The molecule has 0 aliphatic carbocycles. The second kappa shape index (κ2) is 9.24. The molecule has 0 aromatic heterocycles. The summed E-state index contributed by atoms with van der Waals surface area (Å²) in [7, 11) is 5.45. The van der Waals surface area contributed by atoms with Gasteiger partial charge in [0.1, 0.15) is 11.4 Å². The highest BCUT2D eigenvalue weighted by molar-refractivity contribution is 6.35. The van der Waals surface area contributed by atoms with Crippen LogP contribution in [0.2, 0.25) is 10.0 Å². The summed E-state index contributed by atoms with van der Waals surface area (Å²) in [5.74, 6) is 0.135. The lowest BCUT2D eigenvalue weighted by Crippen LogP contribution is -2.41. The smallest absolute Gasteiger partial charge is 0.253 e. The molecule has 0 saturated heterocycles. The molecule has 32 heavy (non-hydrogen) atoms. The van der Waals surface area contributed by atoms with Crippen molar-refractivity contribution in [2.24, 2.45) is 0 Å². The first kappa shape index (κ1) is 22.8. The highest BCUT2D eigenvalue weighted by Crippen LogP contribution is 2.38. The molecule has 0 saturated carbocycles. The highest BCUT2D eigenvalue weighted by atomic mass is 35.5.